The van der Waals surface area contributed by atoms with E-state index in [1.165, 1.54) is 0 Å². The summed E-state index contributed by atoms with van der Waals surface area (Å²) in [6.07, 6.45) is 0.880. The molecule has 1 atom stereocenters. The molecule has 0 saturated heterocycles. The van der Waals surface area contributed by atoms with E-state index in [-0.39, 0.29) is 24.3 Å². The number of hydrogen-bond donors (Lipinski definition) is 2. The molecule has 150 valence electrons. The zero-order valence-corrected chi connectivity index (χ0v) is 18.4. The number of ether oxygens (including phenoxy) is 1. The van der Waals surface area contributed by atoms with Gasteiger partial charge in [-0.05, 0) is 68.7 Å². The standard InChI is InChI=1S/C21H23BrN2O3.ClH/c1-21(2,3)27-20(26)13-7-9-14(10-8-13)24-19(25)18-16-5-4-6-17(22)15(16)11-12-23-18;/h4-10,18,23H,11-12H2,1-3H3,(H,24,25);1H. The van der Waals surface area contributed by atoms with Gasteiger partial charge in [-0.15, -0.1) is 12.4 Å². The molecule has 0 fully saturated rings. The van der Waals surface area contributed by atoms with Crippen LogP contribution in [0.5, 0.6) is 0 Å². The lowest BCUT2D eigenvalue weighted by molar-refractivity contribution is -0.118. The van der Waals surface area contributed by atoms with Crippen LogP contribution in [0.1, 0.15) is 48.3 Å². The summed E-state index contributed by atoms with van der Waals surface area (Å²) in [4.78, 5) is 24.9. The van der Waals surface area contributed by atoms with Crippen LogP contribution in [0.2, 0.25) is 0 Å². The number of rotatable bonds is 3. The van der Waals surface area contributed by atoms with Crippen molar-refractivity contribution in [2.24, 2.45) is 0 Å². The van der Waals surface area contributed by atoms with Crippen molar-refractivity contribution in [2.45, 2.75) is 38.8 Å². The molecule has 0 spiro atoms. The van der Waals surface area contributed by atoms with E-state index in [1.54, 1.807) is 24.3 Å². The third kappa shape index (κ3) is 5.34. The van der Waals surface area contributed by atoms with Gasteiger partial charge in [0.25, 0.3) is 0 Å². The minimum absolute atomic E-state index is 0. The van der Waals surface area contributed by atoms with Crippen molar-refractivity contribution in [3.05, 3.63) is 63.6 Å². The lowest BCUT2D eigenvalue weighted by atomic mass is 9.94. The van der Waals surface area contributed by atoms with Gasteiger partial charge in [0.1, 0.15) is 11.6 Å². The first kappa shape index (κ1) is 22.4. The Morgan fingerprint density at radius 2 is 1.82 bits per heavy atom. The zero-order chi connectivity index (χ0) is 19.6. The summed E-state index contributed by atoms with van der Waals surface area (Å²) in [6, 6.07) is 12.2. The predicted molar refractivity (Wildman–Crippen MR) is 116 cm³/mol. The molecule has 2 aromatic rings. The van der Waals surface area contributed by atoms with Crippen molar-refractivity contribution >= 4 is 45.9 Å². The van der Waals surface area contributed by atoms with Crippen molar-refractivity contribution in [1.82, 2.24) is 5.32 Å². The summed E-state index contributed by atoms with van der Waals surface area (Å²) in [7, 11) is 0. The van der Waals surface area contributed by atoms with Crippen LogP contribution in [0.3, 0.4) is 0 Å². The maximum absolute atomic E-state index is 12.8. The highest BCUT2D eigenvalue weighted by molar-refractivity contribution is 9.10. The number of halogens is 2. The van der Waals surface area contributed by atoms with Crippen LogP contribution in [-0.4, -0.2) is 24.0 Å². The summed E-state index contributed by atoms with van der Waals surface area (Å²) in [6.45, 7) is 6.22. The maximum Gasteiger partial charge on any atom is 0.338 e. The van der Waals surface area contributed by atoms with Crippen LogP contribution in [0.4, 0.5) is 5.69 Å². The number of carbonyl (C=O) groups is 2. The zero-order valence-electron chi connectivity index (χ0n) is 16.0. The average Bonchev–Trinajstić information content (AvgIpc) is 2.61. The van der Waals surface area contributed by atoms with Crippen molar-refractivity contribution in [1.29, 1.82) is 0 Å². The van der Waals surface area contributed by atoms with Gasteiger partial charge in [-0.2, -0.15) is 0 Å². The number of anilines is 1. The van der Waals surface area contributed by atoms with Gasteiger partial charge >= 0.3 is 5.97 Å². The van der Waals surface area contributed by atoms with Gasteiger partial charge in [0, 0.05) is 16.7 Å². The molecule has 1 aliphatic heterocycles. The quantitative estimate of drug-likeness (QED) is 0.645. The second-order valence-electron chi connectivity index (χ2n) is 7.51. The molecule has 1 amide bonds. The SMILES string of the molecule is CC(C)(C)OC(=O)c1ccc(NC(=O)C2NCCc3c(Br)cccc32)cc1.Cl. The topological polar surface area (TPSA) is 67.4 Å². The number of nitrogens with one attached hydrogen (secondary N) is 2. The normalized spacial score (nSPS) is 15.8. The van der Waals surface area contributed by atoms with Gasteiger partial charge in [0.05, 0.1) is 5.56 Å². The van der Waals surface area contributed by atoms with Crippen LogP contribution in [-0.2, 0) is 16.0 Å². The van der Waals surface area contributed by atoms with Crippen molar-refractivity contribution in [2.75, 3.05) is 11.9 Å². The molecule has 1 unspecified atom stereocenters. The number of fused-ring (bicyclic) bond motifs is 1. The third-order valence-corrected chi connectivity index (χ3v) is 4.98. The smallest absolute Gasteiger partial charge is 0.338 e. The molecule has 1 aliphatic rings. The molecule has 0 saturated carbocycles. The van der Waals surface area contributed by atoms with Gasteiger partial charge in [-0.1, -0.05) is 28.1 Å². The van der Waals surface area contributed by atoms with Gasteiger partial charge in [0.15, 0.2) is 0 Å². The van der Waals surface area contributed by atoms with Crippen molar-refractivity contribution in [3.63, 3.8) is 0 Å². The summed E-state index contributed by atoms with van der Waals surface area (Å²) in [5, 5.41) is 6.19. The predicted octanol–water partition coefficient (Wildman–Crippen LogP) is 4.65. The number of carbonyl (C=O) groups excluding carboxylic acids is 2. The van der Waals surface area contributed by atoms with Gasteiger partial charge in [-0.3, -0.25) is 4.79 Å². The van der Waals surface area contributed by atoms with E-state index in [0.29, 0.717) is 11.3 Å². The second kappa shape index (κ2) is 9.07. The Hall–Kier alpha value is -1.89. The highest BCUT2D eigenvalue weighted by atomic mass is 79.9. The third-order valence-electron chi connectivity index (χ3n) is 4.24. The highest BCUT2D eigenvalue weighted by Gasteiger charge is 2.27. The van der Waals surface area contributed by atoms with Crippen molar-refractivity contribution < 1.29 is 14.3 Å². The number of amides is 1. The van der Waals surface area contributed by atoms with E-state index in [0.717, 1.165) is 28.6 Å². The molecule has 0 aliphatic carbocycles. The van der Waals surface area contributed by atoms with Gasteiger partial charge in [-0.25, -0.2) is 4.79 Å². The first-order chi connectivity index (χ1) is 12.7. The molecule has 0 radical (unpaired) electrons. The van der Waals surface area contributed by atoms with E-state index in [9.17, 15) is 9.59 Å². The monoisotopic (exact) mass is 466 g/mol. The Bertz CT molecular complexity index is 863. The highest BCUT2D eigenvalue weighted by Crippen LogP contribution is 2.29. The van der Waals surface area contributed by atoms with Crippen LogP contribution < -0.4 is 10.6 Å². The van der Waals surface area contributed by atoms with Crippen LogP contribution >= 0.6 is 28.3 Å². The van der Waals surface area contributed by atoms with Crippen LogP contribution in [0.15, 0.2) is 46.9 Å². The molecule has 0 bridgehead atoms. The van der Waals surface area contributed by atoms with Crippen molar-refractivity contribution in [3.8, 4) is 0 Å². The van der Waals surface area contributed by atoms with E-state index < -0.39 is 11.6 Å². The molecular formula is C21H24BrClN2O3. The Morgan fingerprint density at radius 1 is 1.14 bits per heavy atom. The molecule has 2 N–H and O–H groups in total. The first-order valence-corrected chi connectivity index (χ1v) is 9.69. The number of esters is 1. The summed E-state index contributed by atoms with van der Waals surface area (Å²) < 4.78 is 6.38. The van der Waals surface area contributed by atoms with Gasteiger partial charge in [0.2, 0.25) is 5.91 Å². The molecule has 1 heterocycles. The van der Waals surface area contributed by atoms with E-state index in [2.05, 4.69) is 26.6 Å². The first-order valence-electron chi connectivity index (χ1n) is 8.89. The molecule has 28 heavy (non-hydrogen) atoms. The molecule has 7 heteroatoms. The lowest BCUT2D eigenvalue weighted by Gasteiger charge is -2.27. The van der Waals surface area contributed by atoms with Crippen LogP contribution in [0.25, 0.3) is 0 Å². The maximum atomic E-state index is 12.8. The van der Waals surface area contributed by atoms with E-state index in [1.807, 2.05) is 39.0 Å². The number of hydrogen-bond acceptors (Lipinski definition) is 4. The Balaban J connectivity index is 0.00000280. The molecule has 5 nitrogen and oxygen atoms in total. The Kier molecular flexibility index (Phi) is 7.26. The minimum Gasteiger partial charge on any atom is -0.456 e. The lowest BCUT2D eigenvalue weighted by Crippen LogP contribution is -2.38. The average molecular weight is 468 g/mol. The number of benzene rings is 2. The fourth-order valence-corrected chi connectivity index (χ4v) is 3.62. The molecule has 3 rings (SSSR count). The fraction of sp³-hybridized carbons (Fsp3) is 0.333. The fourth-order valence-electron chi connectivity index (χ4n) is 3.04. The summed E-state index contributed by atoms with van der Waals surface area (Å²) >= 11 is 3.56. The molecule has 2 aromatic carbocycles. The summed E-state index contributed by atoms with van der Waals surface area (Å²) in [5.41, 5.74) is 2.69. The Labute approximate surface area is 179 Å². The van der Waals surface area contributed by atoms with E-state index in [4.69, 9.17) is 4.74 Å². The van der Waals surface area contributed by atoms with E-state index >= 15 is 0 Å². The minimum atomic E-state index is -0.543. The largest absolute Gasteiger partial charge is 0.456 e. The Morgan fingerprint density at radius 3 is 2.46 bits per heavy atom. The van der Waals surface area contributed by atoms with Gasteiger partial charge < -0.3 is 15.4 Å². The molecular weight excluding hydrogens is 444 g/mol. The second-order valence-corrected chi connectivity index (χ2v) is 8.37. The summed E-state index contributed by atoms with van der Waals surface area (Å²) in [5.74, 6) is -0.507. The molecule has 0 aromatic heterocycles. The van der Waals surface area contributed by atoms with Crippen LogP contribution in [0, 0.1) is 0 Å².